The Morgan fingerprint density at radius 3 is 2.46 bits per heavy atom. The third kappa shape index (κ3) is 1.82. The van der Waals surface area contributed by atoms with E-state index in [2.05, 4.69) is 43.9 Å². The molecule has 24 heavy (non-hydrogen) atoms. The Morgan fingerprint density at radius 1 is 1.04 bits per heavy atom. The van der Waals surface area contributed by atoms with E-state index < -0.39 is 5.66 Å². The Bertz CT molecular complexity index is 832. The average Bonchev–Trinajstić information content (AvgIpc) is 2.91. The summed E-state index contributed by atoms with van der Waals surface area (Å²) >= 11 is 6.35. The largest absolute Gasteiger partial charge is 0.338 e. The van der Waals surface area contributed by atoms with Crippen molar-refractivity contribution in [2.24, 2.45) is 0 Å². The summed E-state index contributed by atoms with van der Waals surface area (Å²) in [5.41, 5.74) is 2.88. The highest BCUT2D eigenvalue weighted by atomic mass is 35.5. The summed E-state index contributed by atoms with van der Waals surface area (Å²) in [5.74, 6) is 0.153. The fraction of sp³-hybridized carbons (Fsp3) is 0.350. The molecule has 2 aliphatic rings. The fourth-order valence-electron chi connectivity index (χ4n) is 4.29. The molecule has 1 atom stereocenters. The molecule has 0 bridgehead atoms. The Labute approximate surface area is 147 Å². The van der Waals surface area contributed by atoms with Crippen LogP contribution in [0.5, 0.6) is 0 Å². The molecule has 0 saturated carbocycles. The smallest absolute Gasteiger partial charge is 0.244 e. The number of benzene rings is 2. The molecule has 4 heteroatoms. The van der Waals surface area contributed by atoms with Gasteiger partial charge in [0.1, 0.15) is 5.66 Å². The SMILES string of the molecule is CC1(C)c2ccccc2N2CC(=O)N(Cc3ccccc3Cl)[C@]21C. The number of nitrogens with zero attached hydrogens (tertiary/aromatic N) is 2. The van der Waals surface area contributed by atoms with Crippen LogP contribution in [0.2, 0.25) is 5.02 Å². The molecule has 3 nitrogen and oxygen atoms in total. The van der Waals surface area contributed by atoms with E-state index in [1.54, 1.807) is 0 Å². The Balaban J connectivity index is 1.81. The van der Waals surface area contributed by atoms with Gasteiger partial charge in [0.15, 0.2) is 0 Å². The first-order valence-electron chi connectivity index (χ1n) is 8.28. The van der Waals surface area contributed by atoms with Crippen molar-refractivity contribution in [3.8, 4) is 0 Å². The molecule has 2 aromatic rings. The van der Waals surface area contributed by atoms with Crippen LogP contribution >= 0.6 is 11.6 Å². The highest BCUT2D eigenvalue weighted by Gasteiger charge is 2.62. The van der Waals surface area contributed by atoms with E-state index in [-0.39, 0.29) is 11.3 Å². The summed E-state index contributed by atoms with van der Waals surface area (Å²) < 4.78 is 0. The van der Waals surface area contributed by atoms with Crippen molar-refractivity contribution in [1.29, 1.82) is 0 Å². The molecule has 0 spiro atoms. The second-order valence-electron chi connectivity index (χ2n) is 7.32. The van der Waals surface area contributed by atoms with Crippen molar-refractivity contribution in [2.45, 2.75) is 38.4 Å². The van der Waals surface area contributed by atoms with Crippen molar-refractivity contribution in [1.82, 2.24) is 4.90 Å². The number of fused-ring (bicyclic) bond motifs is 3. The minimum absolute atomic E-state index is 0.153. The maximum Gasteiger partial charge on any atom is 0.244 e. The van der Waals surface area contributed by atoms with E-state index >= 15 is 0 Å². The monoisotopic (exact) mass is 340 g/mol. The predicted octanol–water partition coefficient (Wildman–Crippen LogP) is 4.20. The Morgan fingerprint density at radius 2 is 1.71 bits per heavy atom. The number of halogens is 1. The van der Waals surface area contributed by atoms with Crippen LogP contribution < -0.4 is 4.90 Å². The van der Waals surface area contributed by atoms with E-state index in [1.165, 1.54) is 11.3 Å². The normalized spacial score (nSPS) is 24.2. The molecule has 0 unspecified atom stereocenters. The number of amides is 1. The summed E-state index contributed by atoms with van der Waals surface area (Å²) in [6, 6.07) is 16.2. The predicted molar refractivity (Wildman–Crippen MR) is 97.2 cm³/mol. The number of anilines is 1. The van der Waals surface area contributed by atoms with Gasteiger partial charge >= 0.3 is 0 Å². The summed E-state index contributed by atoms with van der Waals surface area (Å²) in [6.45, 7) is 7.58. The van der Waals surface area contributed by atoms with Gasteiger partial charge in [-0.15, -0.1) is 0 Å². The molecule has 1 saturated heterocycles. The van der Waals surface area contributed by atoms with Crippen LogP contribution in [0.15, 0.2) is 48.5 Å². The first-order valence-corrected chi connectivity index (χ1v) is 8.66. The van der Waals surface area contributed by atoms with Gasteiger partial charge in [-0.1, -0.05) is 61.8 Å². The zero-order chi connectivity index (χ0) is 17.1. The molecule has 4 rings (SSSR count). The lowest BCUT2D eigenvalue weighted by atomic mass is 9.76. The zero-order valence-electron chi connectivity index (χ0n) is 14.2. The second kappa shape index (κ2) is 5.00. The Kier molecular flexibility index (Phi) is 3.23. The summed E-state index contributed by atoms with van der Waals surface area (Å²) in [5, 5.41) is 0.709. The third-order valence-electron chi connectivity index (χ3n) is 5.98. The number of para-hydroxylation sites is 1. The van der Waals surface area contributed by atoms with Gasteiger partial charge in [-0.25, -0.2) is 0 Å². The molecule has 0 aromatic heterocycles. The molecule has 124 valence electrons. The lowest BCUT2D eigenvalue weighted by molar-refractivity contribution is -0.132. The lowest BCUT2D eigenvalue weighted by Crippen LogP contribution is -2.59. The highest BCUT2D eigenvalue weighted by Crippen LogP contribution is 2.55. The topological polar surface area (TPSA) is 23.6 Å². The van der Waals surface area contributed by atoms with Gasteiger partial charge in [-0.05, 0) is 30.2 Å². The van der Waals surface area contributed by atoms with E-state index in [4.69, 9.17) is 11.6 Å². The number of rotatable bonds is 2. The number of hydrogen-bond donors (Lipinski definition) is 0. The van der Waals surface area contributed by atoms with Gasteiger partial charge in [-0.3, -0.25) is 4.79 Å². The average molecular weight is 341 g/mol. The van der Waals surface area contributed by atoms with Gasteiger partial charge in [0.25, 0.3) is 0 Å². The van der Waals surface area contributed by atoms with Crippen LogP contribution in [0.4, 0.5) is 5.69 Å². The summed E-state index contributed by atoms with van der Waals surface area (Å²) in [7, 11) is 0. The zero-order valence-corrected chi connectivity index (χ0v) is 15.0. The maximum absolute atomic E-state index is 12.8. The van der Waals surface area contributed by atoms with E-state index in [0.29, 0.717) is 18.1 Å². The second-order valence-corrected chi connectivity index (χ2v) is 7.73. The molecule has 0 aliphatic carbocycles. The summed E-state index contributed by atoms with van der Waals surface area (Å²) in [4.78, 5) is 17.1. The van der Waals surface area contributed by atoms with Gasteiger partial charge in [-0.2, -0.15) is 0 Å². The maximum atomic E-state index is 12.8. The van der Waals surface area contributed by atoms with Crippen LogP contribution in [0.1, 0.15) is 31.9 Å². The molecule has 0 N–H and O–H groups in total. The van der Waals surface area contributed by atoms with Crippen LogP contribution in [-0.4, -0.2) is 23.0 Å². The molecule has 0 radical (unpaired) electrons. The third-order valence-corrected chi connectivity index (χ3v) is 6.35. The van der Waals surface area contributed by atoms with Gasteiger partial charge in [0.05, 0.1) is 6.54 Å². The summed E-state index contributed by atoms with van der Waals surface area (Å²) in [6.07, 6.45) is 0. The minimum atomic E-state index is -0.396. The molecule has 2 heterocycles. The fourth-order valence-corrected chi connectivity index (χ4v) is 4.48. The molecular weight excluding hydrogens is 320 g/mol. The number of carbonyl (C=O) groups is 1. The first kappa shape index (κ1) is 15.5. The van der Waals surface area contributed by atoms with Crippen molar-refractivity contribution in [3.05, 3.63) is 64.7 Å². The number of hydrogen-bond acceptors (Lipinski definition) is 2. The first-order chi connectivity index (χ1) is 11.4. The highest BCUT2D eigenvalue weighted by molar-refractivity contribution is 6.31. The molecule has 1 fully saturated rings. The van der Waals surface area contributed by atoms with E-state index in [1.807, 2.05) is 35.2 Å². The van der Waals surface area contributed by atoms with Crippen molar-refractivity contribution >= 4 is 23.2 Å². The molecular formula is C20H21ClN2O. The minimum Gasteiger partial charge on any atom is -0.338 e. The lowest BCUT2D eigenvalue weighted by Gasteiger charge is -2.46. The van der Waals surface area contributed by atoms with Crippen LogP contribution in [0.25, 0.3) is 0 Å². The van der Waals surface area contributed by atoms with E-state index in [9.17, 15) is 4.79 Å². The van der Waals surface area contributed by atoms with Gasteiger partial charge in [0, 0.05) is 22.7 Å². The number of carbonyl (C=O) groups excluding carboxylic acids is 1. The van der Waals surface area contributed by atoms with Crippen molar-refractivity contribution < 1.29 is 4.79 Å². The van der Waals surface area contributed by atoms with Crippen molar-refractivity contribution in [3.63, 3.8) is 0 Å². The van der Waals surface area contributed by atoms with Crippen LogP contribution in [0.3, 0.4) is 0 Å². The molecule has 2 aromatic carbocycles. The van der Waals surface area contributed by atoms with Crippen LogP contribution in [-0.2, 0) is 16.8 Å². The Hall–Kier alpha value is -2.00. The van der Waals surface area contributed by atoms with Crippen molar-refractivity contribution in [2.75, 3.05) is 11.4 Å². The van der Waals surface area contributed by atoms with E-state index in [0.717, 1.165) is 5.56 Å². The van der Waals surface area contributed by atoms with Gasteiger partial charge in [0.2, 0.25) is 5.91 Å². The molecule has 1 amide bonds. The van der Waals surface area contributed by atoms with Crippen LogP contribution in [0, 0.1) is 0 Å². The molecule has 2 aliphatic heterocycles. The quantitative estimate of drug-likeness (QED) is 0.818. The van der Waals surface area contributed by atoms with Gasteiger partial charge < -0.3 is 9.80 Å². The standard InChI is InChI=1S/C20H21ClN2O/c1-19(2)15-9-5-7-11-17(15)22-13-18(24)23(20(19,22)3)12-14-8-4-6-10-16(14)21/h4-11H,12-13H2,1-3H3/t20-/m0/s1.